The van der Waals surface area contributed by atoms with Gasteiger partial charge in [-0.05, 0) is 31.0 Å². The Kier molecular flexibility index (Phi) is 5.61. The van der Waals surface area contributed by atoms with Crippen molar-refractivity contribution in [2.75, 3.05) is 51.3 Å². The van der Waals surface area contributed by atoms with Gasteiger partial charge < -0.3 is 15.0 Å². The molecule has 8 heteroatoms. The third kappa shape index (κ3) is 3.80. The Hall–Kier alpha value is -1.64. The molecule has 2 aliphatic rings. The molecule has 7 nitrogen and oxygen atoms in total. The number of carbonyl (C=O) groups excluding carboxylic acids is 1. The molecule has 1 amide bonds. The summed E-state index contributed by atoms with van der Waals surface area (Å²) in [4.78, 5) is 14.6. The molecule has 0 bridgehead atoms. The minimum absolute atomic E-state index is 0.185. The summed E-state index contributed by atoms with van der Waals surface area (Å²) >= 11 is 0. The monoisotopic (exact) mass is 367 g/mol. The highest BCUT2D eigenvalue weighted by atomic mass is 32.2. The lowest BCUT2D eigenvalue weighted by Gasteiger charge is -2.31. The predicted molar refractivity (Wildman–Crippen MR) is 95.5 cm³/mol. The summed E-state index contributed by atoms with van der Waals surface area (Å²) in [6, 6.07) is 4.86. The highest BCUT2D eigenvalue weighted by Crippen LogP contribution is 2.28. The molecule has 2 fully saturated rings. The van der Waals surface area contributed by atoms with Crippen molar-refractivity contribution < 1.29 is 17.9 Å². The smallest absolute Gasteiger partial charge is 0.253 e. The number of hydrogen-bond donors (Lipinski definition) is 1. The van der Waals surface area contributed by atoms with E-state index >= 15 is 0 Å². The number of piperidine rings is 1. The van der Waals surface area contributed by atoms with Gasteiger partial charge in [0.05, 0.1) is 23.7 Å². The first-order valence-corrected chi connectivity index (χ1v) is 10.2. The number of nitrogens with zero attached hydrogens (tertiary/aromatic N) is 2. The Bertz CT molecular complexity index is 723. The van der Waals surface area contributed by atoms with Gasteiger partial charge in [-0.25, -0.2) is 8.42 Å². The second-order valence-corrected chi connectivity index (χ2v) is 8.26. The molecule has 3 rings (SSSR count). The van der Waals surface area contributed by atoms with Crippen LogP contribution in [0.5, 0.6) is 0 Å². The Balaban J connectivity index is 1.97. The van der Waals surface area contributed by atoms with Crippen LogP contribution in [0.3, 0.4) is 0 Å². The van der Waals surface area contributed by atoms with Gasteiger partial charge in [-0.3, -0.25) is 4.79 Å². The van der Waals surface area contributed by atoms with Crippen molar-refractivity contribution in [1.82, 2.24) is 9.62 Å². The number of morpholine rings is 1. The first kappa shape index (κ1) is 18.2. The number of carbonyl (C=O) groups is 1. The average Bonchev–Trinajstić information content (AvgIpc) is 2.68. The van der Waals surface area contributed by atoms with Crippen molar-refractivity contribution in [3.8, 4) is 0 Å². The second-order valence-electron chi connectivity index (χ2n) is 6.32. The van der Waals surface area contributed by atoms with Gasteiger partial charge in [-0.2, -0.15) is 4.31 Å². The van der Waals surface area contributed by atoms with E-state index < -0.39 is 10.0 Å². The summed E-state index contributed by atoms with van der Waals surface area (Å²) < 4.78 is 32.7. The number of hydrogen-bond acceptors (Lipinski definition) is 5. The third-order valence-corrected chi connectivity index (χ3v) is 6.64. The van der Waals surface area contributed by atoms with E-state index in [9.17, 15) is 13.2 Å². The molecule has 1 aromatic rings. The highest BCUT2D eigenvalue weighted by molar-refractivity contribution is 7.89. The average molecular weight is 367 g/mol. The quantitative estimate of drug-likeness (QED) is 0.861. The van der Waals surface area contributed by atoms with Crippen LogP contribution in [-0.2, 0) is 14.8 Å². The van der Waals surface area contributed by atoms with E-state index in [2.05, 4.69) is 10.2 Å². The van der Waals surface area contributed by atoms with Crippen LogP contribution < -0.4 is 10.2 Å². The van der Waals surface area contributed by atoms with Crippen LogP contribution in [0.2, 0.25) is 0 Å². The zero-order chi connectivity index (χ0) is 17.9. The molecule has 1 aromatic carbocycles. The topological polar surface area (TPSA) is 79.0 Å². The molecule has 0 unspecified atom stereocenters. The summed E-state index contributed by atoms with van der Waals surface area (Å²) in [5.41, 5.74) is 1.14. The van der Waals surface area contributed by atoms with Gasteiger partial charge >= 0.3 is 0 Å². The van der Waals surface area contributed by atoms with Crippen LogP contribution in [0.4, 0.5) is 5.69 Å². The van der Waals surface area contributed by atoms with Gasteiger partial charge in [-0.1, -0.05) is 6.42 Å². The lowest BCUT2D eigenvalue weighted by molar-refractivity contribution is 0.0961. The van der Waals surface area contributed by atoms with Crippen LogP contribution in [0.25, 0.3) is 0 Å². The van der Waals surface area contributed by atoms with Crippen LogP contribution in [0.1, 0.15) is 29.6 Å². The Morgan fingerprint density at radius 2 is 1.76 bits per heavy atom. The molecule has 2 saturated heterocycles. The number of rotatable bonds is 4. The molecule has 0 saturated carbocycles. The largest absolute Gasteiger partial charge is 0.378 e. The zero-order valence-electron chi connectivity index (χ0n) is 14.5. The molecule has 0 spiro atoms. The van der Waals surface area contributed by atoms with Gasteiger partial charge in [0.1, 0.15) is 0 Å². The summed E-state index contributed by atoms with van der Waals surface area (Å²) in [7, 11) is -2.01. The van der Waals surface area contributed by atoms with Gasteiger partial charge in [-0.15, -0.1) is 0 Å². The molecule has 0 aliphatic carbocycles. The fourth-order valence-corrected chi connectivity index (χ4v) is 4.87. The van der Waals surface area contributed by atoms with E-state index in [4.69, 9.17) is 4.74 Å². The van der Waals surface area contributed by atoms with E-state index in [1.54, 1.807) is 19.2 Å². The molecule has 0 radical (unpaired) electrons. The molecule has 0 atom stereocenters. The Morgan fingerprint density at radius 1 is 1.08 bits per heavy atom. The molecule has 1 N–H and O–H groups in total. The van der Waals surface area contributed by atoms with Crippen LogP contribution in [-0.4, -0.2) is 65.1 Å². The SMILES string of the molecule is CNC(=O)c1cc(S(=O)(=O)N2CCCCC2)ccc1N1CCOCC1. The summed E-state index contributed by atoms with van der Waals surface area (Å²) in [6.07, 6.45) is 2.83. The minimum atomic E-state index is -3.56. The molecule has 2 aliphatic heterocycles. The molecule has 0 aromatic heterocycles. The maximum absolute atomic E-state index is 12.9. The normalized spacial score (nSPS) is 19.6. The lowest BCUT2D eigenvalue weighted by Crippen LogP contribution is -2.38. The number of ether oxygens (including phenoxy) is 1. The van der Waals surface area contributed by atoms with E-state index in [0.29, 0.717) is 45.0 Å². The summed E-state index contributed by atoms with van der Waals surface area (Å²) in [5, 5.41) is 2.61. The predicted octanol–water partition coefficient (Wildman–Crippen LogP) is 1.06. The van der Waals surface area contributed by atoms with E-state index in [0.717, 1.165) is 24.9 Å². The van der Waals surface area contributed by atoms with Crippen molar-refractivity contribution in [1.29, 1.82) is 0 Å². The number of amides is 1. The minimum Gasteiger partial charge on any atom is -0.378 e. The maximum atomic E-state index is 12.9. The number of sulfonamides is 1. The fraction of sp³-hybridized carbons (Fsp3) is 0.588. The standard InChI is InChI=1S/C17H25N3O4S/c1-18-17(21)15-13-14(25(22,23)20-7-3-2-4-8-20)5-6-16(15)19-9-11-24-12-10-19/h5-6,13H,2-4,7-12H2,1H3,(H,18,21). The van der Waals surface area contributed by atoms with E-state index in [-0.39, 0.29) is 10.8 Å². The Morgan fingerprint density at radius 3 is 2.40 bits per heavy atom. The number of benzene rings is 1. The fourth-order valence-electron chi connectivity index (χ4n) is 3.33. The molecule has 2 heterocycles. The molecule has 25 heavy (non-hydrogen) atoms. The van der Waals surface area contributed by atoms with Crippen molar-refractivity contribution in [3.63, 3.8) is 0 Å². The maximum Gasteiger partial charge on any atom is 0.253 e. The molecule has 138 valence electrons. The van der Waals surface area contributed by atoms with Crippen molar-refractivity contribution in [2.45, 2.75) is 24.2 Å². The summed E-state index contributed by atoms with van der Waals surface area (Å²) in [5.74, 6) is -0.280. The number of anilines is 1. The van der Waals surface area contributed by atoms with Gasteiger partial charge in [0, 0.05) is 38.9 Å². The lowest BCUT2D eigenvalue weighted by atomic mass is 10.1. The van der Waals surface area contributed by atoms with Crippen molar-refractivity contribution >= 4 is 21.6 Å². The van der Waals surface area contributed by atoms with Crippen LogP contribution >= 0.6 is 0 Å². The van der Waals surface area contributed by atoms with Crippen LogP contribution in [0.15, 0.2) is 23.1 Å². The first-order valence-electron chi connectivity index (χ1n) is 8.73. The van der Waals surface area contributed by atoms with Gasteiger partial charge in [0.15, 0.2) is 0 Å². The van der Waals surface area contributed by atoms with E-state index in [1.165, 1.54) is 10.4 Å². The van der Waals surface area contributed by atoms with Gasteiger partial charge in [0.25, 0.3) is 5.91 Å². The third-order valence-electron chi connectivity index (χ3n) is 4.74. The molecular formula is C17H25N3O4S. The Labute approximate surface area is 149 Å². The van der Waals surface area contributed by atoms with Crippen molar-refractivity contribution in [3.05, 3.63) is 23.8 Å². The molecular weight excluding hydrogens is 342 g/mol. The number of nitrogens with one attached hydrogen (secondary N) is 1. The highest BCUT2D eigenvalue weighted by Gasteiger charge is 2.28. The van der Waals surface area contributed by atoms with Gasteiger partial charge in [0.2, 0.25) is 10.0 Å². The second kappa shape index (κ2) is 7.72. The van der Waals surface area contributed by atoms with E-state index in [1.807, 2.05) is 0 Å². The van der Waals surface area contributed by atoms with Crippen molar-refractivity contribution in [2.24, 2.45) is 0 Å². The van der Waals surface area contributed by atoms with Crippen LogP contribution in [0, 0.1) is 0 Å². The zero-order valence-corrected chi connectivity index (χ0v) is 15.3. The summed E-state index contributed by atoms with van der Waals surface area (Å²) in [6.45, 7) is 3.65. The first-order chi connectivity index (χ1) is 12.0.